The number of carbonyl (C=O) groups excluding carboxylic acids is 1. The Hall–Kier alpha value is -1.18. The Morgan fingerprint density at radius 3 is 2.81 bits per heavy atom. The first-order valence-electron chi connectivity index (χ1n) is 10.1. The number of nitrogens with one attached hydrogen (secondary N) is 1. The summed E-state index contributed by atoms with van der Waals surface area (Å²) in [6, 6.07) is 0.0407. The number of aromatic nitrogens is 2. The van der Waals surface area contributed by atoms with Crippen molar-refractivity contribution in [3.8, 4) is 0 Å². The molecule has 0 bridgehead atoms. The molecule has 1 aromatic rings. The van der Waals surface area contributed by atoms with Crippen molar-refractivity contribution in [3.63, 3.8) is 0 Å². The number of ether oxygens (including phenoxy) is 1. The van der Waals surface area contributed by atoms with Gasteiger partial charge in [0.15, 0.2) is 5.82 Å². The van der Waals surface area contributed by atoms with Crippen LogP contribution in [-0.2, 0) is 16.0 Å². The summed E-state index contributed by atoms with van der Waals surface area (Å²) in [6.07, 6.45) is 8.70. The molecule has 3 rings (SSSR count). The highest BCUT2D eigenvalue weighted by Gasteiger charge is 2.32. The predicted molar refractivity (Wildman–Crippen MR) is 105 cm³/mol. The Kier molecular flexibility index (Phi) is 8.99. The fraction of sp³-hybridized carbons (Fsp3) is 0.842. The van der Waals surface area contributed by atoms with Gasteiger partial charge in [-0.3, -0.25) is 4.79 Å². The van der Waals surface area contributed by atoms with E-state index in [0.29, 0.717) is 37.7 Å². The largest absolute Gasteiger partial charge is 0.377 e. The standard InChI is InChI=1S/C19H32N4O3.ClH/c1-2-11-25-16-12-14(7-8-15(16)20)18(24)21-10-9-17-22-19(26-23-17)13-5-3-4-6-13;/h13-16H,2-12,20H2,1H3,(H,21,24);1H/t14-,15+,16+;/m0./s1. The van der Waals surface area contributed by atoms with Gasteiger partial charge >= 0.3 is 0 Å². The van der Waals surface area contributed by atoms with Crippen LogP contribution in [0.25, 0.3) is 0 Å². The molecule has 0 aliphatic heterocycles. The molecule has 1 amide bonds. The summed E-state index contributed by atoms with van der Waals surface area (Å²) in [5.41, 5.74) is 6.13. The van der Waals surface area contributed by atoms with Crippen molar-refractivity contribution in [2.75, 3.05) is 13.2 Å². The van der Waals surface area contributed by atoms with Gasteiger partial charge in [0.1, 0.15) is 0 Å². The highest BCUT2D eigenvalue weighted by molar-refractivity contribution is 5.85. The Morgan fingerprint density at radius 1 is 1.30 bits per heavy atom. The van der Waals surface area contributed by atoms with Crippen molar-refractivity contribution in [1.82, 2.24) is 15.5 Å². The lowest BCUT2D eigenvalue weighted by atomic mass is 9.83. The lowest BCUT2D eigenvalue weighted by Crippen LogP contribution is -2.46. The molecule has 2 saturated carbocycles. The second-order valence-corrected chi connectivity index (χ2v) is 7.65. The topological polar surface area (TPSA) is 103 Å². The number of hydrogen-bond acceptors (Lipinski definition) is 6. The summed E-state index contributed by atoms with van der Waals surface area (Å²) in [7, 11) is 0. The molecule has 8 heteroatoms. The van der Waals surface area contributed by atoms with Crippen LogP contribution in [0.2, 0.25) is 0 Å². The number of rotatable bonds is 8. The van der Waals surface area contributed by atoms with Gasteiger partial charge in [0.2, 0.25) is 11.8 Å². The van der Waals surface area contributed by atoms with Crippen LogP contribution in [0.1, 0.15) is 75.9 Å². The van der Waals surface area contributed by atoms with E-state index in [1.807, 2.05) is 0 Å². The maximum Gasteiger partial charge on any atom is 0.229 e. The molecule has 1 heterocycles. The highest BCUT2D eigenvalue weighted by Crippen LogP contribution is 2.32. The fourth-order valence-corrected chi connectivity index (χ4v) is 4.00. The van der Waals surface area contributed by atoms with E-state index >= 15 is 0 Å². The second-order valence-electron chi connectivity index (χ2n) is 7.65. The summed E-state index contributed by atoms with van der Waals surface area (Å²) in [4.78, 5) is 16.9. The predicted octanol–water partition coefficient (Wildman–Crippen LogP) is 2.73. The summed E-state index contributed by atoms with van der Waals surface area (Å²) in [5.74, 6) is 1.94. The molecule has 3 N–H and O–H groups in total. The molecule has 0 spiro atoms. The van der Waals surface area contributed by atoms with Crippen molar-refractivity contribution in [2.45, 2.75) is 82.8 Å². The van der Waals surface area contributed by atoms with Gasteiger partial charge in [-0.1, -0.05) is 24.9 Å². The van der Waals surface area contributed by atoms with Crippen molar-refractivity contribution >= 4 is 18.3 Å². The Balaban J connectivity index is 0.00000261. The first-order chi connectivity index (χ1) is 12.7. The number of halogens is 1. The molecule has 0 unspecified atom stereocenters. The third-order valence-corrected chi connectivity index (χ3v) is 5.59. The lowest BCUT2D eigenvalue weighted by molar-refractivity contribution is -0.128. The van der Waals surface area contributed by atoms with Gasteiger partial charge in [-0.2, -0.15) is 4.98 Å². The molecule has 0 saturated heterocycles. The minimum Gasteiger partial charge on any atom is -0.377 e. The number of nitrogens with zero attached hydrogens (tertiary/aromatic N) is 2. The van der Waals surface area contributed by atoms with Crippen molar-refractivity contribution in [1.29, 1.82) is 0 Å². The zero-order valence-corrected chi connectivity index (χ0v) is 17.0. The molecule has 2 aliphatic rings. The Morgan fingerprint density at radius 2 is 2.07 bits per heavy atom. The van der Waals surface area contributed by atoms with Gasteiger partial charge in [-0.05, 0) is 38.5 Å². The van der Waals surface area contributed by atoms with E-state index in [0.717, 1.165) is 38.0 Å². The molecule has 0 aromatic carbocycles. The maximum absolute atomic E-state index is 12.5. The number of nitrogens with two attached hydrogens (primary N) is 1. The summed E-state index contributed by atoms with van der Waals surface area (Å²) in [6.45, 7) is 3.31. The first kappa shape index (κ1) is 22.1. The molecule has 3 atom stereocenters. The SMILES string of the molecule is CCCO[C@@H]1C[C@@H](C(=O)NCCc2noc(C3CCCC3)n2)CC[C@H]1N.Cl. The molecule has 2 fully saturated rings. The maximum atomic E-state index is 12.5. The molecule has 27 heavy (non-hydrogen) atoms. The average molecular weight is 401 g/mol. The van der Waals surface area contributed by atoms with E-state index in [2.05, 4.69) is 22.4 Å². The molecule has 154 valence electrons. The molecule has 0 radical (unpaired) electrons. The number of hydrogen-bond donors (Lipinski definition) is 2. The smallest absolute Gasteiger partial charge is 0.229 e. The van der Waals surface area contributed by atoms with Crippen LogP contribution in [0.4, 0.5) is 0 Å². The summed E-state index contributed by atoms with van der Waals surface area (Å²) >= 11 is 0. The van der Waals surface area contributed by atoms with Crippen LogP contribution in [0.5, 0.6) is 0 Å². The normalized spacial score (nSPS) is 25.9. The van der Waals surface area contributed by atoms with Gasteiger partial charge in [0, 0.05) is 37.5 Å². The summed E-state index contributed by atoms with van der Waals surface area (Å²) in [5, 5.41) is 7.07. The van der Waals surface area contributed by atoms with Crippen molar-refractivity contribution < 1.29 is 14.1 Å². The van der Waals surface area contributed by atoms with Crippen LogP contribution in [0.3, 0.4) is 0 Å². The Bertz CT molecular complexity index is 577. The minimum atomic E-state index is -0.0176. The van der Waals surface area contributed by atoms with E-state index in [1.54, 1.807) is 0 Å². The van der Waals surface area contributed by atoms with Gasteiger partial charge in [0.25, 0.3) is 0 Å². The fourth-order valence-electron chi connectivity index (χ4n) is 4.00. The van der Waals surface area contributed by atoms with Crippen LogP contribution < -0.4 is 11.1 Å². The van der Waals surface area contributed by atoms with Gasteiger partial charge in [-0.15, -0.1) is 12.4 Å². The van der Waals surface area contributed by atoms with Crippen LogP contribution in [0.15, 0.2) is 4.52 Å². The molecule has 1 aromatic heterocycles. The van der Waals surface area contributed by atoms with Crippen LogP contribution in [-0.4, -0.2) is 41.3 Å². The highest BCUT2D eigenvalue weighted by atomic mass is 35.5. The van der Waals surface area contributed by atoms with Crippen molar-refractivity contribution in [3.05, 3.63) is 11.7 Å². The van der Waals surface area contributed by atoms with E-state index in [-0.39, 0.29) is 36.4 Å². The van der Waals surface area contributed by atoms with Crippen LogP contribution in [0, 0.1) is 5.92 Å². The van der Waals surface area contributed by atoms with E-state index in [9.17, 15) is 4.79 Å². The zero-order chi connectivity index (χ0) is 18.4. The van der Waals surface area contributed by atoms with E-state index in [4.69, 9.17) is 15.0 Å². The molecular formula is C19H33ClN4O3. The van der Waals surface area contributed by atoms with Crippen molar-refractivity contribution in [2.24, 2.45) is 11.7 Å². The van der Waals surface area contributed by atoms with Gasteiger partial charge in [0.05, 0.1) is 6.10 Å². The molecule has 2 aliphatic carbocycles. The number of carbonyl (C=O) groups is 1. The molecule has 7 nitrogen and oxygen atoms in total. The monoisotopic (exact) mass is 400 g/mol. The third kappa shape index (κ3) is 6.16. The van der Waals surface area contributed by atoms with Gasteiger partial charge < -0.3 is 20.3 Å². The Labute approximate surface area is 167 Å². The minimum absolute atomic E-state index is 0. The lowest BCUT2D eigenvalue weighted by Gasteiger charge is -2.33. The molecular weight excluding hydrogens is 368 g/mol. The number of amides is 1. The van der Waals surface area contributed by atoms with E-state index in [1.165, 1.54) is 12.8 Å². The third-order valence-electron chi connectivity index (χ3n) is 5.59. The zero-order valence-electron chi connectivity index (χ0n) is 16.2. The average Bonchev–Trinajstić information content (AvgIpc) is 3.32. The first-order valence-corrected chi connectivity index (χ1v) is 10.1. The summed E-state index contributed by atoms with van der Waals surface area (Å²) < 4.78 is 11.2. The van der Waals surface area contributed by atoms with Crippen LogP contribution >= 0.6 is 12.4 Å². The quantitative estimate of drug-likeness (QED) is 0.695. The van der Waals surface area contributed by atoms with E-state index < -0.39 is 0 Å². The second kappa shape index (κ2) is 11.0. The van der Waals surface area contributed by atoms with Gasteiger partial charge in [-0.25, -0.2) is 0 Å².